The Kier molecular flexibility index (Phi) is 5.28. The number of hydrogen-bond donors (Lipinski definition) is 3. The van der Waals surface area contributed by atoms with Crippen molar-refractivity contribution >= 4 is 17.4 Å². The van der Waals surface area contributed by atoms with E-state index in [1.165, 1.54) is 11.3 Å². The molecule has 0 saturated carbocycles. The van der Waals surface area contributed by atoms with Crippen LogP contribution in [-0.4, -0.2) is 22.8 Å². The van der Waals surface area contributed by atoms with E-state index in [0.717, 1.165) is 48.6 Å². The van der Waals surface area contributed by atoms with Crippen molar-refractivity contribution < 1.29 is 4.79 Å². The summed E-state index contributed by atoms with van der Waals surface area (Å²) in [6.45, 7) is 4.24. The molecule has 0 fully saturated rings. The summed E-state index contributed by atoms with van der Waals surface area (Å²) in [5, 5.41) is 13.0. The Morgan fingerprint density at radius 1 is 1.18 bits per heavy atom. The predicted molar refractivity (Wildman–Crippen MR) is 111 cm³/mol. The molecule has 1 aliphatic heterocycles. The molecule has 3 aromatic rings. The molecule has 4 rings (SSSR count). The van der Waals surface area contributed by atoms with Crippen LogP contribution in [0.15, 0.2) is 54.6 Å². The van der Waals surface area contributed by atoms with Gasteiger partial charge in [0.15, 0.2) is 0 Å². The molecule has 144 valence electrons. The first-order chi connectivity index (χ1) is 13.7. The van der Waals surface area contributed by atoms with Crippen LogP contribution in [0.4, 0.5) is 16.2 Å². The van der Waals surface area contributed by atoms with Crippen molar-refractivity contribution in [3.05, 3.63) is 77.1 Å². The predicted octanol–water partition coefficient (Wildman–Crippen LogP) is 3.86. The van der Waals surface area contributed by atoms with E-state index in [4.69, 9.17) is 0 Å². The maximum Gasteiger partial charge on any atom is 0.319 e. The van der Waals surface area contributed by atoms with Crippen LogP contribution < -0.4 is 15.5 Å². The minimum atomic E-state index is -0.220. The Bertz CT molecular complexity index is 965. The van der Waals surface area contributed by atoms with Gasteiger partial charge in [-0.25, -0.2) is 4.79 Å². The van der Waals surface area contributed by atoms with Crippen LogP contribution in [0.25, 0.3) is 0 Å². The van der Waals surface area contributed by atoms with Gasteiger partial charge in [-0.3, -0.25) is 5.10 Å². The Morgan fingerprint density at radius 2 is 2.00 bits per heavy atom. The van der Waals surface area contributed by atoms with Gasteiger partial charge in [-0.05, 0) is 42.2 Å². The molecule has 3 N–H and O–H groups in total. The number of urea groups is 1. The molecule has 2 amide bonds. The van der Waals surface area contributed by atoms with Crippen molar-refractivity contribution in [3.63, 3.8) is 0 Å². The SMILES string of the molecule is CCc1cc(CNC(=O)Nc2ccccc2CN2CCc3ccccc32)[nH]n1. The van der Waals surface area contributed by atoms with Crippen LogP contribution in [-0.2, 0) is 25.9 Å². The molecular weight excluding hydrogens is 350 g/mol. The molecule has 0 atom stereocenters. The summed E-state index contributed by atoms with van der Waals surface area (Å²) in [6.07, 6.45) is 1.94. The first kappa shape index (κ1) is 18.1. The van der Waals surface area contributed by atoms with Crippen molar-refractivity contribution in [2.24, 2.45) is 0 Å². The second-order valence-electron chi connectivity index (χ2n) is 7.00. The van der Waals surface area contributed by atoms with Crippen molar-refractivity contribution in [1.82, 2.24) is 15.5 Å². The van der Waals surface area contributed by atoms with E-state index in [2.05, 4.69) is 63.0 Å². The van der Waals surface area contributed by atoms with Gasteiger partial charge in [0.2, 0.25) is 0 Å². The molecule has 6 heteroatoms. The number of nitrogens with one attached hydrogen (secondary N) is 3. The van der Waals surface area contributed by atoms with Crippen LogP contribution in [0.1, 0.15) is 29.4 Å². The van der Waals surface area contributed by atoms with Gasteiger partial charge < -0.3 is 15.5 Å². The zero-order chi connectivity index (χ0) is 19.3. The lowest BCUT2D eigenvalue weighted by Gasteiger charge is -2.21. The number of aryl methyl sites for hydroxylation is 1. The lowest BCUT2D eigenvalue weighted by Crippen LogP contribution is -2.29. The largest absolute Gasteiger partial charge is 0.367 e. The monoisotopic (exact) mass is 375 g/mol. The van der Waals surface area contributed by atoms with Crippen LogP contribution in [0.2, 0.25) is 0 Å². The number of H-pyrrole nitrogens is 1. The van der Waals surface area contributed by atoms with Gasteiger partial charge in [0, 0.05) is 24.5 Å². The third kappa shape index (κ3) is 4.01. The maximum absolute atomic E-state index is 12.4. The molecule has 28 heavy (non-hydrogen) atoms. The number of aromatic amines is 1. The summed E-state index contributed by atoms with van der Waals surface area (Å²) in [5.74, 6) is 0. The summed E-state index contributed by atoms with van der Waals surface area (Å²) in [5.41, 5.74) is 6.50. The summed E-state index contributed by atoms with van der Waals surface area (Å²) in [6, 6.07) is 18.2. The van der Waals surface area contributed by atoms with Crippen LogP contribution in [0, 0.1) is 0 Å². The van der Waals surface area contributed by atoms with Gasteiger partial charge >= 0.3 is 6.03 Å². The molecule has 1 aliphatic rings. The third-order valence-electron chi connectivity index (χ3n) is 5.10. The first-order valence-electron chi connectivity index (χ1n) is 9.71. The number of para-hydroxylation sites is 2. The van der Waals surface area contributed by atoms with Crippen LogP contribution >= 0.6 is 0 Å². The average molecular weight is 375 g/mol. The zero-order valence-corrected chi connectivity index (χ0v) is 16.0. The molecule has 6 nitrogen and oxygen atoms in total. The fourth-order valence-corrected chi connectivity index (χ4v) is 3.58. The fourth-order valence-electron chi connectivity index (χ4n) is 3.58. The summed E-state index contributed by atoms with van der Waals surface area (Å²) in [4.78, 5) is 14.7. The standard InChI is InChI=1S/C22H25N5O/c1-2-18-13-19(26-25-18)14-23-22(28)24-20-9-5-3-8-17(20)15-27-12-11-16-7-4-6-10-21(16)27/h3-10,13H,2,11-12,14-15H2,1H3,(H,25,26)(H2,23,24,28). The lowest BCUT2D eigenvalue weighted by molar-refractivity contribution is 0.251. The highest BCUT2D eigenvalue weighted by Crippen LogP contribution is 2.30. The highest BCUT2D eigenvalue weighted by Gasteiger charge is 2.19. The second-order valence-corrected chi connectivity index (χ2v) is 7.00. The number of aromatic nitrogens is 2. The number of benzene rings is 2. The zero-order valence-electron chi connectivity index (χ0n) is 16.0. The van der Waals surface area contributed by atoms with E-state index in [0.29, 0.717) is 6.54 Å². The average Bonchev–Trinajstić information content (AvgIpc) is 3.35. The Balaban J connectivity index is 1.39. The minimum Gasteiger partial charge on any atom is -0.367 e. The topological polar surface area (TPSA) is 73.1 Å². The van der Waals surface area contributed by atoms with Gasteiger partial charge in [0.25, 0.3) is 0 Å². The van der Waals surface area contributed by atoms with E-state index < -0.39 is 0 Å². The molecule has 2 heterocycles. The molecule has 0 radical (unpaired) electrons. The van der Waals surface area contributed by atoms with E-state index in [1.54, 1.807) is 0 Å². The molecule has 2 aromatic carbocycles. The highest BCUT2D eigenvalue weighted by atomic mass is 16.2. The molecule has 1 aromatic heterocycles. The normalized spacial score (nSPS) is 12.7. The maximum atomic E-state index is 12.4. The van der Waals surface area contributed by atoms with Crippen LogP contribution in [0.3, 0.4) is 0 Å². The number of amides is 2. The van der Waals surface area contributed by atoms with Gasteiger partial charge in [0.05, 0.1) is 17.9 Å². The summed E-state index contributed by atoms with van der Waals surface area (Å²) in [7, 11) is 0. The number of anilines is 2. The number of rotatable bonds is 6. The Hall–Kier alpha value is -3.28. The molecule has 0 unspecified atom stereocenters. The summed E-state index contributed by atoms with van der Waals surface area (Å²) < 4.78 is 0. The Morgan fingerprint density at radius 3 is 2.86 bits per heavy atom. The second kappa shape index (κ2) is 8.17. The van der Waals surface area contributed by atoms with Gasteiger partial charge in [-0.2, -0.15) is 5.10 Å². The third-order valence-corrected chi connectivity index (χ3v) is 5.10. The fraction of sp³-hybridized carbons (Fsp3) is 0.273. The van der Waals surface area contributed by atoms with E-state index in [9.17, 15) is 4.79 Å². The van der Waals surface area contributed by atoms with Crippen molar-refractivity contribution in [1.29, 1.82) is 0 Å². The number of carbonyl (C=O) groups excluding carboxylic acids is 1. The van der Waals surface area contributed by atoms with Gasteiger partial charge in [-0.15, -0.1) is 0 Å². The lowest BCUT2D eigenvalue weighted by atomic mass is 10.1. The Labute approximate surface area is 165 Å². The van der Waals surface area contributed by atoms with Crippen LogP contribution in [0.5, 0.6) is 0 Å². The number of hydrogen-bond acceptors (Lipinski definition) is 3. The van der Waals surface area contributed by atoms with Gasteiger partial charge in [0.1, 0.15) is 0 Å². The molecule has 0 saturated heterocycles. The first-order valence-corrected chi connectivity index (χ1v) is 9.71. The molecule has 0 aliphatic carbocycles. The summed E-state index contributed by atoms with van der Waals surface area (Å²) >= 11 is 0. The smallest absolute Gasteiger partial charge is 0.319 e. The van der Waals surface area contributed by atoms with E-state index >= 15 is 0 Å². The molecule has 0 spiro atoms. The van der Waals surface area contributed by atoms with E-state index in [1.807, 2.05) is 24.3 Å². The van der Waals surface area contributed by atoms with Crippen molar-refractivity contribution in [3.8, 4) is 0 Å². The van der Waals surface area contributed by atoms with Crippen molar-refractivity contribution in [2.45, 2.75) is 32.9 Å². The number of carbonyl (C=O) groups is 1. The quantitative estimate of drug-likeness (QED) is 0.613. The number of nitrogens with zero attached hydrogens (tertiary/aromatic N) is 2. The van der Waals surface area contributed by atoms with Gasteiger partial charge in [-0.1, -0.05) is 43.3 Å². The minimum absolute atomic E-state index is 0.220. The number of fused-ring (bicyclic) bond motifs is 1. The van der Waals surface area contributed by atoms with Crippen molar-refractivity contribution in [2.75, 3.05) is 16.8 Å². The van der Waals surface area contributed by atoms with E-state index in [-0.39, 0.29) is 6.03 Å². The molecule has 0 bridgehead atoms. The molecular formula is C22H25N5O. The highest BCUT2D eigenvalue weighted by molar-refractivity contribution is 5.90.